The minimum absolute atomic E-state index is 0.296. The summed E-state index contributed by atoms with van der Waals surface area (Å²) in [6.45, 7) is 3.76. The fourth-order valence-electron chi connectivity index (χ4n) is 2.27. The molecule has 2 N–H and O–H groups in total. The molecule has 0 spiro atoms. The van der Waals surface area contributed by atoms with Crippen LogP contribution in [-0.4, -0.2) is 48.2 Å². The molecule has 0 bridgehead atoms. The maximum absolute atomic E-state index is 11.0. The molecule has 2 unspecified atom stereocenters. The third-order valence-corrected chi connectivity index (χ3v) is 2.93. The van der Waals surface area contributed by atoms with Crippen LogP contribution in [0.25, 0.3) is 0 Å². The van der Waals surface area contributed by atoms with Crippen LogP contribution in [0.3, 0.4) is 0 Å². The average molecular weight is 200 g/mol. The first-order valence-electron chi connectivity index (χ1n) is 5.33. The number of rotatable bonds is 5. The van der Waals surface area contributed by atoms with E-state index in [1.807, 2.05) is 14.0 Å². The molecule has 1 fully saturated rings. The van der Waals surface area contributed by atoms with Gasteiger partial charge in [0.2, 0.25) is 0 Å². The Hall–Kier alpha value is -0.610. The lowest BCUT2D eigenvalue weighted by molar-refractivity contribution is -0.143. The zero-order chi connectivity index (χ0) is 10.6. The van der Waals surface area contributed by atoms with Gasteiger partial charge in [-0.25, -0.2) is 0 Å². The predicted molar refractivity (Wildman–Crippen MR) is 55.4 cm³/mol. The summed E-state index contributed by atoms with van der Waals surface area (Å²) in [6.07, 6.45) is 2.93. The first kappa shape index (κ1) is 11.5. The summed E-state index contributed by atoms with van der Waals surface area (Å²) < 4.78 is 0. The molecule has 0 aromatic rings. The molecule has 0 aromatic carbocycles. The number of carboxylic acid groups (broad SMARTS) is 1. The van der Waals surface area contributed by atoms with Crippen molar-refractivity contribution in [1.82, 2.24) is 10.2 Å². The number of carboxylic acids is 1. The van der Waals surface area contributed by atoms with Gasteiger partial charge in [0.1, 0.15) is 6.04 Å². The molecule has 0 saturated carbocycles. The monoisotopic (exact) mass is 200 g/mol. The summed E-state index contributed by atoms with van der Waals surface area (Å²) in [7, 11) is 1.91. The van der Waals surface area contributed by atoms with Gasteiger partial charge < -0.3 is 10.4 Å². The molecule has 0 radical (unpaired) electrons. The van der Waals surface area contributed by atoms with Gasteiger partial charge in [-0.2, -0.15) is 0 Å². The predicted octanol–water partition coefficient (Wildman–Crippen LogP) is 0.533. The average Bonchev–Trinajstić information content (AvgIpc) is 2.55. The van der Waals surface area contributed by atoms with E-state index in [1.54, 1.807) is 0 Å². The van der Waals surface area contributed by atoms with E-state index in [1.165, 1.54) is 0 Å². The van der Waals surface area contributed by atoms with E-state index in [0.717, 1.165) is 25.9 Å². The molecule has 0 aliphatic carbocycles. The zero-order valence-corrected chi connectivity index (χ0v) is 8.99. The van der Waals surface area contributed by atoms with E-state index in [4.69, 9.17) is 5.11 Å². The van der Waals surface area contributed by atoms with E-state index in [0.29, 0.717) is 12.5 Å². The van der Waals surface area contributed by atoms with E-state index in [9.17, 15) is 4.79 Å². The van der Waals surface area contributed by atoms with Crippen LogP contribution in [0.1, 0.15) is 26.2 Å². The Morgan fingerprint density at radius 1 is 1.71 bits per heavy atom. The maximum atomic E-state index is 11.0. The van der Waals surface area contributed by atoms with E-state index in [2.05, 4.69) is 10.2 Å². The number of carbonyl (C=O) groups is 1. The Morgan fingerprint density at radius 2 is 2.43 bits per heavy atom. The first-order chi connectivity index (χ1) is 6.70. The molecule has 2 atom stereocenters. The Kier molecular flexibility index (Phi) is 4.35. The second-order valence-electron chi connectivity index (χ2n) is 3.85. The van der Waals surface area contributed by atoms with Crippen molar-refractivity contribution in [3.05, 3.63) is 0 Å². The summed E-state index contributed by atoms with van der Waals surface area (Å²) in [5.41, 5.74) is 0. The number of nitrogens with one attached hydrogen (secondary N) is 1. The van der Waals surface area contributed by atoms with Gasteiger partial charge in [-0.05, 0) is 32.9 Å². The SMILES string of the molecule is CCC(C(=O)O)N1CCCC1CNC. The normalized spacial score (nSPS) is 25.1. The molecule has 1 heterocycles. The second-order valence-corrected chi connectivity index (χ2v) is 3.85. The van der Waals surface area contributed by atoms with E-state index in [-0.39, 0.29) is 6.04 Å². The molecule has 4 heteroatoms. The Bertz CT molecular complexity index is 197. The van der Waals surface area contributed by atoms with Gasteiger partial charge in [-0.15, -0.1) is 0 Å². The van der Waals surface area contributed by atoms with Gasteiger partial charge >= 0.3 is 5.97 Å². The lowest BCUT2D eigenvalue weighted by atomic mass is 10.1. The molecule has 82 valence electrons. The van der Waals surface area contributed by atoms with Gasteiger partial charge in [-0.1, -0.05) is 6.92 Å². The Morgan fingerprint density at radius 3 is 2.93 bits per heavy atom. The molecule has 1 saturated heterocycles. The van der Waals surface area contributed by atoms with Crippen LogP contribution in [0.4, 0.5) is 0 Å². The van der Waals surface area contributed by atoms with Crippen LogP contribution in [0.2, 0.25) is 0 Å². The third-order valence-electron chi connectivity index (χ3n) is 2.93. The summed E-state index contributed by atoms with van der Waals surface area (Å²) in [5.74, 6) is -0.685. The van der Waals surface area contributed by atoms with Gasteiger partial charge in [0.05, 0.1) is 0 Å². The van der Waals surface area contributed by atoms with Crippen LogP contribution >= 0.6 is 0 Å². The number of nitrogens with zero attached hydrogens (tertiary/aromatic N) is 1. The molecular weight excluding hydrogens is 180 g/mol. The van der Waals surface area contributed by atoms with Crippen molar-refractivity contribution >= 4 is 5.97 Å². The van der Waals surface area contributed by atoms with Crippen LogP contribution in [-0.2, 0) is 4.79 Å². The number of hydrogen-bond acceptors (Lipinski definition) is 3. The number of likely N-dealkylation sites (N-methyl/N-ethyl adjacent to an activating group) is 1. The Labute approximate surface area is 85.3 Å². The number of likely N-dealkylation sites (tertiary alicyclic amines) is 1. The smallest absolute Gasteiger partial charge is 0.320 e. The van der Waals surface area contributed by atoms with Crippen LogP contribution in [0.5, 0.6) is 0 Å². The fourth-order valence-corrected chi connectivity index (χ4v) is 2.27. The second kappa shape index (κ2) is 5.32. The van der Waals surface area contributed by atoms with Gasteiger partial charge in [0.25, 0.3) is 0 Å². The minimum Gasteiger partial charge on any atom is -0.480 e. The quantitative estimate of drug-likeness (QED) is 0.680. The molecule has 1 aliphatic rings. The van der Waals surface area contributed by atoms with E-state index >= 15 is 0 Å². The van der Waals surface area contributed by atoms with Crippen molar-refractivity contribution in [3.8, 4) is 0 Å². The molecular formula is C10H20N2O2. The molecule has 0 amide bonds. The highest BCUT2D eigenvalue weighted by atomic mass is 16.4. The van der Waals surface area contributed by atoms with Gasteiger partial charge in [0.15, 0.2) is 0 Å². The largest absolute Gasteiger partial charge is 0.480 e. The molecule has 1 rings (SSSR count). The summed E-state index contributed by atoms with van der Waals surface area (Å²) >= 11 is 0. The number of aliphatic carboxylic acids is 1. The number of hydrogen-bond donors (Lipinski definition) is 2. The summed E-state index contributed by atoms with van der Waals surface area (Å²) in [4.78, 5) is 13.1. The van der Waals surface area contributed by atoms with Crippen molar-refractivity contribution in [2.75, 3.05) is 20.1 Å². The van der Waals surface area contributed by atoms with Crippen molar-refractivity contribution in [3.63, 3.8) is 0 Å². The van der Waals surface area contributed by atoms with Crippen molar-refractivity contribution in [1.29, 1.82) is 0 Å². The van der Waals surface area contributed by atoms with Crippen molar-refractivity contribution in [2.24, 2.45) is 0 Å². The maximum Gasteiger partial charge on any atom is 0.320 e. The molecule has 1 aliphatic heterocycles. The lowest BCUT2D eigenvalue weighted by Crippen LogP contribution is -2.46. The fraction of sp³-hybridized carbons (Fsp3) is 0.900. The van der Waals surface area contributed by atoms with E-state index < -0.39 is 5.97 Å². The minimum atomic E-state index is -0.685. The summed E-state index contributed by atoms with van der Waals surface area (Å²) in [6, 6.07) is 0.108. The summed E-state index contributed by atoms with van der Waals surface area (Å²) in [5, 5.41) is 12.2. The van der Waals surface area contributed by atoms with Crippen molar-refractivity contribution < 1.29 is 9.90 Å². The third kappa shape index (κ3) is 2.45. The molecule has 0 aromatic heterocycles. The van der Waals surface area contributed by atoms with Crippen LogP contribution in [0, 0.1) is 0 Å². The van der Waals surface area contributed by atoms with Crippen molar-refractivity contribution in [2.45, 2.75) is 38.3 Å². The van der Waals surface area contributed by atoms with Gasteiger partial charge in [-0.3, -0.25) is 9.69 Å². The highest BCUT2D eigenvalue weighted by Crippen LogP contribution is 2.21. The molecule has 4 nitrogen and oxygen atoms in total. The highest BCUT2D eigenvalue weighted by Gasteiger charge is 2.32. The van der Waals surface area contributed by atoms with Crippen LogP contribution in [0.15, 0.2) is 0 Å². The highest BCUT2D eigenvalue weighted by molar-refractivity contribution is 5.73. The standard InChI is InChI=1S/C10H20N2O2/c1-3-9(10(13)14)12-6-4-5-8(12)7-11-2/h8-9,11H,3-7H2,1-2H3,(H,13,14). The molecule has 14 heavy (non-hydrogen) atoms. The topological polar surface area (TPSA) is 52.6 Å². The first-order valence-corrected chi connectivity index (χ1v) is 5.33. The Balaban J connectivity index is 2.59. The van der Waals surface area contributed by atoms with Crippen LogP contribution < -0.4 is 5.32 Å². The lowest BCUT2D eigenvalue weighted by Gasteiger charge is -2.29. The zero-order valence-electron chi connectivity index (χ0n) is 8.99. The van der Waals surface area contributed by atoms with Gasteiger partial charge in [0, 0.05) is 12.6 Å².